The van der Waals surface area contributed by atoms with Gasteiger partial charge in [0.25, 0.3) is 0 Å². The average molecular weight is 467 g/mol. The van der Waals surface area contributed by atoms with Crippen molar-refractivity contribution in [3.8, 4) is 0 Å². The zero-order valence-corrected chi connectivity index (χ0v) is 19.2. The van der Waals surface area contributed by atoms with Crippen LogP contribution < -0.4 is 15.1 Å². The van der Waals surface area contributed by atoms with Gasteiger partial charge in [-0.3, -0.25) is 0 Å². The van der Waals surface area contributed by atoms with E-state index in [2.05, 4.69) is 20.2 Å². The molecule has 1 aromatic carbocycles. The molecule has 2 aromatic heterocycles. The third-order valence-electron chi connectivity index (χ3n) is 7.35. The molecule has 1 N–H and O–H groups in total. The molecule has 1 unspecified atom stereocenters. The van der Waals surface area contributed by atoms with E-state index in [1.165, 1.54) is 12.1 Å². The highest BCUT2D eigenvalue weighted by atomic mass is 19.2. The lowest BCUT2D eigenvalue weighted by Crippen LogP contribution is -2.48. The lowest BCUT2D eigenvalue weighted by Gasteiger charge is -2.38. The topological polar surface area (TPSA) is 75.0 Å². The van der Waals surface area contributed by atoms with Crippen LogP contribution in [0.25, 0.3) is 0 Å². The zero-order valence-electron chi connectivity index (χ0n) is 19.2. The number of hydrogen-bond acceptors (Lipinski definition) is 7. The van der Waals surface area contributed by atoms with Gasteiger partial charge in [-0.15, -0.1) is 5.10 Å². The molecule has 3 aliphatic rings. The van der Waals surface area contributed by atoms with Crippen LogP contribution in [0.5, 0.6) is 0 Å². The smallest absolute Gasteiger partial charge is 0.244 e. The molecule has 2 bridgehead atoms. The molecule has 0 spiro atoms. The fourth-order valence-electron chi connectivity index (χ4n) is 5.68. The van der Waals surface area contributed by atoms with E-state index in [0.717, 1.165) is 56.8 Å². The molecule has 2 fully saturated rings. The number of anilines is 4. The first-order valence-electron chi connectivity index (χ1n) is 12.0. The lowest BCUT2D eigenvalue weighted by molar-refractivity contribution is 0.374. The quantitative estimate of drug-likeness (QED) is 0.625. The summed E-state index contributed by atoms with van der Waals surface area (Å²) >= 11 is 0. The molecule has 34 heavy (non-hydrogen) atoms. The molecular weight excluding hydrogens is 438 g/mol. The van der Waals surface area contributed by atoms with E-state index in [1.54, 1.807) is 12.4 Å². The first-order chi connectivity index (χ1) is 16.5. The number of hydrogen-bond donors (Lipinski definition) is 1. The number of rotatable bonds is 4. The van der Waals surface area contributed by atoms with E-state index in [9.17, 15) is 8.78 Å². The Morgan fingerprint density at radius 3 is 2.53 bits per heavy atom. The van der Waals surface area contributed by atoms with Crippen molar-refractivity contribution >= 4 is 23.4 Å². The number of aromatic nitrogens is 5. The number of nitrogens with one attached hydrogen (secondary N) is 1. The van der Waals surface area contributed by atoms with Crippen molar-refractivity contribution < 1.29 is 8.78 Å². The number of nitrogens with zero attached hydrogens (tertiary/aromatic N) is 7. The fraction of sp³-hybridized carbons (Fsp3) is 0.500. The molecule has 178 valence electrons. The molecule has 1 saturated heterocycles. The summed E-state index contributed by atoms with van der Waals surface area (Å²) in [5.41, 5.74) is 1.57. The number of halogens is 2. The average Bonchev–Trinajstić information content (AvgIpc) is 3.23. The Kier molecular flexibility index (Phi) is 5.30. The molecule has 0 radical (unpaired) electrons. The van der Waals surface area contributed by atoms with Crippen LogP contribution >= 0.6 is 0 Å². The van der Waals surface area contributed by atoms with Crippen molar-refractivity contribution in [2.45, 2.75) is 45.2 Å². The molecule has 0 amide bonds. The second kappa shape index (κ2) is 8.48. The van der Waals surface area contributed by atoms with Gasteiger partial charge in [0.15, 0.2) is 11.6 Å². The first-order valence-corrected chi connectivity index (χ1v) is 12.0. The van der Waals surface area contributed by atoms with Crippen molar-refractivity contribution in [3.63, 3.8) is 0 Å². The summed E-state index contributed by atoms with van der Waals surface area (Å²) in [6, 6.07) is 6.36. The number of fused-ring (bicyclic) bond motifs is 3. The van der Waals surface area contributed by atoms with Gasteiger partial charge in [0.2, 0.25) is 11.9 Å². The molecule has 1 aliphatic carbocycles. The number of piperidine rings is 1. The Bertz CT molecular complexity index is 1180. The Morgan fingerprint density at radius 1 is 0.971 bits per heavy atom. The van der Waals surface area contributed by atoms with Crippen LogP contribution in [0.2, 0.25) is 0 Å². The van der Waals surface area contributed by atoms with E-state index in [-0.39, 0.29) is 0 Å². The van der Waals surface area contributed by atoms with Crippen LogP contribution in [0.3, 0.4) is 0 Å². The molecule has 1 saturated carbocycles. The molecule has 3 aromatic rings. The molecule has 4 heterocycles. The van der Waals surface area contributed by atoms with Crippen LogP contribution in [0, 0.1) is 30.4 Å². The largest absolute Gasteiger partial charge is 0.356 e. The van der Waals surface area contributed by atoms with Crippen molar-refractivity contribution in [1.82, 2.24) is 24.7 Å². The number of benzene rings is 1. The summed E-state index contributed by atoms with van der Waals surface area (Å²) in [4.78, 5) is 17.8. The summed E-state index contributed by atoms with van der Waals surface area (Å²) in [6.45, 7) is 5.32. The minimum Gasteiger partial charge on any atom is -0.356 e. The summed E-state index contributed by atoms with van der Waals surface area (Å²) in [7, 11) is 0. The molecule has 6 rings (SSSR count). The van der Waals surface area contributed by atoms with Crippen molar-refractivity contribution in [1.29, 1.82) is 0 Å². The second-order valence-electron chi connectivity index (χ2n) is 9.61. The zero-order chi connectivity index (χ0) is 23.2. The highest BCUT2D eigenvalue weighted by Gasteiger charge is 2.43. The van der Waals surface area contributed by atoms with E-state index in [1.807, 2.05) is 22.6 Å². The normalized spacial score (nSPS) is 24.1. The monoisotopic (exact) mass is 466 g/mol. The van der Waals surface area contributed by atoms with Gasteiger partial charge in [0, 0.05) is 55.7 Å². The van der Waals surface area contributed by atoms with Crippen molar-refractivity contribution in [2.24, 2.45) is 11.8 Å². The Balaban J connectivity index is 1.22. The third kappa shape index (κ3) is 3.84. The first kappa shape index (κ1) is 21.2. The van der Waals surface area contributed by atoms with E-state index in [0.29, 0.717) is 42.0 Å². The van der Waals surface area contributed by atoms with E-state index >= 15 is 0 Å². The molecule has 10 heteroatoms. The minimum atomic E-state index is -0.853. The van der Waals surface area contributed by atoms with Crippen molar-refractivity contribution in [2.75, 3.05) is 34.8 Å². The predicted octanol–water partition coefficient (Wildman–Crippen LogP) is 3.91. The summed E-state index contributed by atoms with van der Waals surface area (Å²) in [5.74, 6) is 1.55. The summed E-state index contributed by atoms with van der Waals surface area (Å²) in [6.07, 6.45) is 5.85. The Labute approximate surface area is 197 Å². The second-order valence-corrected chi connectivity index (χ2v) is 9.61. The lowest BCUT2D eigenvalue weighted by atomic mass is 9.92. The highest BCUT2D eigenvalue weighted by molar-refractivity contribution is 5.59. The Hall–Kier alpha value is -3.30. The van der Waals surface area contributed by atoms with Gasteiger partial charge >= 0.3 is 0 Å². The summed E-state index contributed by atoms with van der Waals surface area (Å²) in [5, 5.41) is 8.39. The maximum atomic E-state index is 13.9. The standard InChI is InChI=1S/C24H28F2N8/c1-15-10-21(28-14-27-15)32-12-16-4-5-17(13-32)22(16)29-23-30-24-33(8-2-3-9-34(24)31-23)18-6-7-19(25)20(26)11-18/h6-7,10-11,14,16-17,22H,2-5,8-9,12-13H2,1H3,(H,29,31)/t16-,17?,22-/m0/s1. The fourth-order valence-corrected chi connectivity index (χ4v) is 5.68. The van der Waals surface area contributed by atoms with E-state index in [4.69, 9.17) is 10.1 Å². The predicted molar refractivity (Wildman–Crippen MR) is 125 cm³/mol. The minimum absolute atomic E-state index is 0.308. The van der Waals surface area contributed by atoms with Gasteiger partial charge in [-0.25, -0.2) is 23.4 Å². The molecule has 3 atom stereocenters. The van der Waals surface area contributed by atoms with E-state index < -0.39 is 11.6 Å². The van der Waals surface area contributed by atoms with Gasteiger partial charge in [-0.2, -0.15) is 4.98 Å². The summed E-state index contributed by atoms with van der Waals surface area (Å²) < 4.78 is 29.3. The van der Waals surface area contributed by atoms with Gasteiger partial charge in [0.05, 0.1) is 0 Å². The molecule has 2 aliphatic heterocycles. The SMILES string of the molecule is Cc1cc(N2CC3CC[C@@H](C2)[C@@H]3Nc2nc3n(n2)CCCCN3c2ccc(F)c(F)c2)ncn1. The van der Waals surface area contributed by atoms with Crippen LogP contribution in [-0.2, 0) is 6.54 Å². The molecule has 8 nitrogen and oxygen atoms in total. The van der Waals surface area contributed by atoms with Gasteiger partial charge in [0.1, 0.15) is 12.1 Å². The maximum absolute atomic E-state index is 13.9. The van der Waals surface area contributed by atoms with Crippen LogP contribution in [-0.4, -0.2) is 50.4 Å². The highest BCUT2D eigenvalue weighted by Crippen LogP contribution is 2.40. The maximum Gasteiger partial charge on any atom is 0.244 e. The molecular formula is C24H28F2N8. The van der Waals surface area contributed by atoms with Gasteiger partial charge in [-0.05, 0) is 56.6 Å². The van der Waals surface area contributed by atoms with Gasteiger partial charge in [-0.1, -0.05) is 0 Å². The van der Waals surface area contributed by atoms with Crippen LogP contribution in [0.15, 0.2) is 30.6 Å². The number of aryl methyl sites for hydroxylation is 2. The Morgan fingerprint density at radius 2 is 1.76 bits per heavy atom. The van der Waals surface area contributed by atoms with Crippen LogP contribution in [0.4, 0.5) is 32.2 Å². The third-order valence-corrected chi connectivity index (χ3v) is 7.35. The van der Waals surface area contributed by atoms with Crippen LogP contribution in [0.1, 0.15) is 31.4 Å². The van der Waals surface area contributed by atoms with Crippen molar-refractivity contribution in [3.05, 3.63) is 47.9 Å². The van der Waals surface area contributed by atoms with Gasteiger partial charge < -0.3 is 15.1 Å².